The summed E-state index contributed by atoms with van der Waals surface area (Å²) in [6.07, 6.45) is 1.02. The zero-order chi connectivity index (χ0) is 12.7. The second-order valence-electron chi connectivity index (χ2n) is 4.82. The number of hydrogen-bond donors (Lipinski definition) is 2. The van der Waals surface area contributed by atoms with Crippen LogP contribution in [0.25, 0.3) is 0 Å². The van der Waals surface area contributed by atoms with Crippen molar-refractivity contribution < 1.29 is 4.74 Å². The quantitative estimate of drug-likeness (QED) is 0.565. The molecule has 0 aliphatic heterocycles. The molecular formula is C14H24N2O. The van der Waals surface area contributed by atoms with Gasteiger partial charge in [-0.2, -0.15) is 0 Å². The maximum atomic E-state index is 5.70. The fraction of sp³-hybridized carbons (Fsp3) is 0.571. The molecule has 0 aromatic heterocycles. The van der Waals surface area contributed by atoms with E-state index in [2.05, 4.69) is 26.1 Å². The van der Waals surface area contributed by atoms with Gasteiger partial charge in [0.15, 0.2) is 0 Å². The summed E-state index contributed by atoms with van der Waals surface area (Å²) in [4.78, 5) is 0. The molecule has 3 N–H and O–H groups in total. The van der Waals surface area contributed by atoms with Gasteiger partial charge < -0.3 is 15.8 Å². The molecule has 1 aromatic rings. The van der Waals surface area contributed by atoms with E-state index in [1.54, 1.807) is 0 Å². The molecule has 17 heavy (non-hydrogen) atoms. The minimum absolute atomic E-state index is 0.613. The van der Waals surface area contributed by atoms with Crippen LogP contribution in [0.15, 0.2) is 18.2 Å². The van der Waals surface area contributed by atoms with Gasteiger partial charge in [-0.15, -0.1) is 0 Å². The minimum atomic E-state index is 0.613. The zero-order valence-corrected chi connectivity index (χ0v) is 11.1. The predicted molar refractivity (Wildman–Crippen MR) is 74.4 cm³/mol. The van der Waals surface area contributed by atoms with Crippen LogP contribution in [0.2, 0.25) is 0 Å². The summed E-state index contributed by atoms with van der Waals surface area (Å²) in [5.74, 6) is 0.613. The second-order valence-corrected chi connectivity index (χ2v) is 4.82. The molecule has 0 unspecified atom stereocenters. The highest BCUT2D eigenvalue weighted by molar-refractivity contribution is 5.57. The molecule has 1 rings (SSSR count). The highest BCUT2D eigenvalue weighted by Gasteiger charge is 1.98. The van der Waals surface area contributed by atoms with E-state index in [0.29, 0.717) is 5.92 Å². The highest BCUT2D eigenvalue weighted by Crippen LogP contribution is 2.17. The first-order valence-electron chi connectivity index (χ1n) is 6.27. The maximum absolute atomic E-state index is 5.70. The van der Waals surface area contributed by atoms with Crippen LogP contribution in [0.3, 0.4) is 0 Å². The molecule has 0 saturated carbocycles. The van der Waals surface area contributed by atoms with Gasteiger partial charge in [-0.1, -0.05) is 13.8 Å². The fourth-order valence-corrected chi connectivity index (χ4v) is 1.60. The number of nitrogens with one attached hydrogen (secondary N) is 1. The Kier molecular flexibility index (Phi) is 5.84. The molecule has 0 bridgehead atoms. The van der Waals surface area contributed by atoms with E-state index < -0.39 is 0 Å². The Bertz CT molecular complexity index is 337. The van der Waals surface area contributed by atoms with Crippen molar-refractivity contribution in [3.05, 3.63) is 23.8 Å². The monoisotopic (exact) mass is 236 g/mol. The third kappa shape index (κ3) is 5.59. The van der Waals surface area contributed by atoms with E-state index in [0.717, 1.165) is 37.6 Å². The van der Waals surface area contributed by atoms with E-state index in [1.165, 1.54) is 5.56 Å². The van der Waals surface area contributed by atoms with Gasteiger partial charge in [0.05, 0.1) is 0 Å². The lowest BCUT2D eigenvalue weighted by Crippen LogP contribution is -2.09. The molecule has 3 nitrogen and oxygen atoms in total. The summed E-state index contributed by atoms with van der Waals surface area (Å²) in [6, 6.07) is 5.93. The molecule has 0 atom stereocenters. The topological polar surface area (TPSA) is 47.3 Å². The lowest BCUT2D eigenvalue weighted by atomic mass is 10.2. The summed E-state index contributed by atoms with van der Waals surface area (Å²) in [6.45, 7) is 8.99. The van der Waals surface area contributed by atoms with Crippen LogP contribution in [-0.2, 0) is 4.74 Å². The predicted octanol–water partition coefficient (Wildman–Crippen LogP) is 3.05. The normalized spacial score (nSPS) is 10.8. The molecule has 3 heteroatoms. The van der Waals surface area contributed by atoms with E-state index in [9.17, 15) is 0 Å². The van der Waals surface area contributed by atoms with Crippen LogP contribution >= 0.6 is 0 Å². The molecule has 0 spiro atoms. The zero-order valence-electron chi connectivity index (χ0n) is 11.1. The Morgan fingerprint density at radius 3 is 2.76 bits per heavy atom. The molecule has 0 aliphatic rings. The van der Waals surface area contributed by atoms with Gasteiger partial charge >= 0.3 is 0 Å². The molecule has 0 heterocycles. The largest absolute Gasteiger partial charge is 0.399 e. The lowest BCUT2D eigenvalue weighted by Gasteiger charge is -2.11. The van der Waals surface area contributed by atoms with Gasteiger partial charge in [0.1, 0.15) is 0 Å². The number of nitrogens with two attached hydrogens (primary N) is 1. The van der Waals surface area contributed by atoms with Gasteiger partial charge in [-0.05, 0) is 43.0 Å². The standard InChI is InChI=1S/C14H24N2O/c1-11(2)10-17-8-4-7-16-14-6-5-13(15)9-12(14)3/h5-6,9,11,16H,4,7-8,10,15H2,1-3H3. The maximum Gasteiger partial charge on any atom is 0.0489 e. The van der Waals surface area contributed by atoms with Gasteiger partial charge in [0.2, 0.25) is 0 Å². The third-order valence-electron chi connectivity index (χ3n) is 2.48. The van der Waals surface area contributed by atoms with Gasteiger partial charge in [0.25, 0.3) is 0 Å². The molecule has 0 radical (unpaired) electrons. The van der Waals surface area contributed by atoms with Crippen molar-refractivity contribution in [2.75, 3.05) is 30.8 Å². The molecule has 0 aliphatic carbocycles. The van der Waals surface area contributed by atoms with Crippen LogP contribution in [0.5, 0.6) is 0 Å². The number of aryl methyl sites for hydroxylation is 1. The average molecular weight is 236 g/mol. The van der Waals surface area contributed by atoms with Crippen LogP contribution in [0.4, 0.5) is 11.4 Å². The summed E-state index contributed by atoms with van der Waals surface area (Å²) < 4.78 is 5.52. The lowest BCUT2D eigenvalue weighted by molar-refractivity contribution is 0.110. The van der Waals surface area contributed by atoms with E-state index in [4.69, 9.17) is 10.5 Å². The SMILES string of the molecule is Cc1cc(N)ccc1NCCCOCC(C)C. The van der Waals surface area contributed by atoms with Crippen molar-refractivity contribution in [1.82, 2.24) is 0 Å². The Hall–Kier alpha value is -1.22. The first-order valence-corrected chi connectivity index (χ1v) is 6.27. The smallest absolute Gasteiger partial charge is 0.0489 e. The van der Waals surface area contributed by atoms with Crippen LogP contribution in [0.1, 0.15) is 25.8 Å². The van der Waals surface area contributed by atoms with Crippen LogP contribution in [0, 0.1) is 12.8 Å². The van der Waals surface area contributed by atoms with Crippen LogP contribution < -0.4 is 11.1 Å². The number of benzene rings is 1. The highest BCUT2D eigenvalue weighted by atomic mass is 16.5. The molecule has 1 aromatic carbocycles. The van der Waals surface area contributed by atoms with Crippen molar-refractivity contribution in [1.29, 1.82) is 0 Å². The van der Waals surface area contributed by atoms with E-state index in [-0.39, 0.29) is 0 Å². The first-order chi connectivity index (χ1) is 8.09. The van der Waals surface area contributed by atoms with Gasteiger partial charge in [0, 0.05) is 31.1 Å². The molecule has 0 fully saturated rings. The minimum Gasteiger partial charge on any atom is -0.399 e. The Morgan fingerprint density at radius 1 is 1.35 bits per heavy atom. The molecule has 96 valence electrons. The van der Waals surface area contributed by atoms with Crippen molar-refractivity contribution in [2.24, 2.45) is 5.92 Å². The first kappa shape index (κ1) is 13.8. The van der Waals surface area contributed by atoms with E-state index >= 15 is 0 Å². The van der Waals surface area contributed by atoms with Crippen LogP contribution in [-0.4, -0.2) is 19.8 Å². The van der Waals surface area contributed by atoms with Gasteiger partial charge in [-0.25, -0.2) is 0 Å². The summed E-state index contributed by atoms with van der Waals surface area (Å²) >= 11 is 0. The Labute approximate surface area is 104 Å². The molecule has 0 amide bonds. The summed E-state index contributed by atoms with van der Waals surface area (Å²) in [5, 5.41) is 3.39. The summed E-state index contributed by atoms with van der Waals surface area (Å²) in [5.41, 5.74) is 8.86. The van der Waals surface area contributed by atoms with Crippen molar-refractivity contribution >= 4 is 11.4 Å². The Morgan fingerprint density at radius 2 is 2.12 bits per heavy atom. The number of ether oxygens (including phenoxy) is 1. The number of nitrogen functional groups attached to an aromatic ring is 1. The van der Waals surface area contributed by atoms with Crippen molar-refractivity contribution in [2.45, 2.75) is 27.2 Å². The van der Waals surface area contributed by atoms with E-state index in [1.807, 2.05) is 18.2 Å². The third-order valence-corrected chi connectivity index (χ3v) is 2.48. The van der Waals surface area contributed by atoms with Crippen molar-refractivity contribution in [3.63, 3.8) is 0 Å². The average Bonchev–Trinajstić information content (AvgIpc) is 2.25. The number of rotatable bonds is 7. The summed E-state index contributed by atoms with van der Waals surface area (Å²) in [7, 11) is 0. The number of hydrogen-bond acceptors (Lipinski definition) is 3. The van der Waals surface area contributed by atoms with Crippen molar-refractivity contribution in [3.8, 4) is 0 Å². The molecule has 0 saturated heterocycles. The second kappa shape index (κ2) is 7.17. The number of anilines is 2. The Balaban J connectivity index is 2.18. The molecular weight excluding hydrogens is 212 g/mol. The van der Waals surface area contributed by atoms with Gasteiger partial charge in [-0.3, -0.25) is 0 Å². The fourth-order valence-electron chi connectivity index (χ4n) is 1.60.